The molecule has 2 aromatic carbocycles. The molecule has 2 fully saturated rings. The molecule has 6 nitrogen and oxygen atoms in total. The smallest absolute Gasteiger partial charge is 0.255 e. The first-order chi connectivity index (χ1) is 14.3. The number of rotatable bonds is 6. The van der Waals surface area contributed by atoms with Gasteiger partial charge in [0.1, 0.15) is 5.78 Å². The van der Waals surface area contributed by atoms with Gasteiger partial charge in [-0.25, -0.2) is 8.42 Å². The number of hydrogen-bond donors (Lipinski definition) is 1. The fraction of sp³-hybridized carbons (Fsp3) is 0.364. The SMILES string of the molecule is O=C(Nc1cccc(Br)c1)c1cccc(S(=O)(=O)N2CCC(C(=O)C3CC3)CC2)c1. The molecule has 1 aliphatic heterocycles. The maximum absolute atomic E-state index is 13.1. The van der Waals surface area contributed by atoms with E-state index in [2.05, 4.69) is 21.2 Å². The standard InChI is InChI=1S/C22H23BrN2O4S/c23-18-4-2-5-19(14-18)24-22(27)17-3-1-6-20(13-17)30(28,29)25-11-9-16(10-12-25)21(26)15-7-8-15/h1-6,13-16H,7-12H2,(H,24,27). The minimum Gasteiger partial charge on any atom is -0.322 e. The number of carbonyl (C=O) groups excluding carboxylic acids is 2. The van der Waals surface area contributed by atoms with Crippen LogP contribution < -0.4 is 5.32 Å². The molecule has 0 unspecified atom stereocenters. The van der Waals surface area contributed by atoms with E-state index < -0.39 is 10.0 Å². The third-order valence-corrected chi connectivity index (χ3v) is 8.04. The zero-order valence-corrected chi connectivity index (χ0v) is 18.8. The van der Waals surface area contributed by atoms with Crippen LogP contribution in [0, 0.1) is 11.8 Å². The lowest BCUT2D eigenvalue weighted by molar-refractivity contribution is -0.125. The highest BCUT2D eigenvalue weighted by Crippen LogP contribution is 2.36. The van der Waals surface area contributed by atoms with E-state index in [9.17, 15) is 18.0 Å². The summed E-state index contributed by atoms with van der Waals surface area (Å²) >= 11 is 3.36. The molecule has 1 saturated carbocycles. The van der Waals surface area contributed by atoms with E-state index in [1.807, 2.05) is 6.07 Å². The van der Waals surface area contributed by atoms with E-state index in [1.165, 1.54) is 16.4 Å². The Kier molecular flexibility index (Phi) is 6.09. The van der Waals surface area contributed by atoms with Gasteiger partial charge in [0.05, 0.1) is 4.90 Å². The predicted molar refractivity (Wildman–Crippen MR) is 118 cm³/mol. The zero-order valence-electron chi connectivity index (χ0n) is 16.4. The van der Waals surface area contributed by atoms with Crippen LogP contribution in [0.5, 0.6) is 0 Å². The van der Waals surface area contributed by atoms with Gasteiger partial charge in [-0.2, -0.15) is 4.31 Å². The molecule has 158 valence electrons. The number of nitrogens with zero attached hydrogens (tertiary/aromatic N) is 1. The lowest BCUT2D eigenvalue weighted by Crippen LogP contribution is -2.40. The maximum atomic E-state index is 13.1. The quantitative estimate of drug-likeness (QED) is 0.660. The molecule has 1 aliphatic carbocycles. The minimum atomic E-state index is -3.72. The van der Waals surface area contributed by atoms with Crippen molar-refractivity contribution in [2.75, 3.05) is 18.4 Å². The summed E-state index contributed by atoms with van der Waals surface area (Å²) in [5.41, 5.74) is 0.889. The van der Waals surface area contributed by atoms with Gasteiger partial charge in [-0.1, -0.05) is 28.1 Å². The highest BCUT2D eigenvalue weighted by atomic mass is 79.9. The number of carbonyl (C=O) groups is 2. The molecule has 1 N–H and O–H groups in total. The normalized spacial score (nSPS) is 18.2. The van der Waals surface area contributed by atoms with Crippen LogP contribution in [0.2, 0.25) is 0 Å². The summed E-state index contributed by atoms with van der Waals surface area (Å²) in [6, 6.07) is 13.3. The van der Waals surface area contributed by atoms with Crippen LogP contribution in [0.1, 0.15) is 36.0 Å². The van der Waals surface area contributed by atoms with Crippen LogP contribution in [-0.2, 0) is 14.8 Å². The minimum absolute atomic E-state index is 0.0220. The number of ketones is 1. The van der Waals surface area contributed by atoms with Gasteiger partial charge in [-0.3, -0.25) is 9.59 Å². The molecule has 1 saturated heterocycles. The van der Waals surface area contributed by atoms with Gasteiger partial charge in [-0.05, 0) is 62.1 Å². The number of anilines is 1. The molecular weight excluding hydrogens is 468 g/mol. The molecule has 0 spiro atoms. The largest absolute Gasteiger partial charge is 0.322 e. The van der Waals surface area contributed by atoms with Gasteiger partial charge in [-0.15, -0.1) is 0 Å². The van der Waals surface area contributed by atoms with Crippen LogP contribution in [0.25, 0.3) is 0 Å². The van der Waals surface area contributed by atoms with Gasteiger partial charge < -0.3 is 5.32 Å². The van der Waals surface area contributed by atoms with Crippen molar-refractivity contribution in [3.63, 3.8) is 0 Å². The summed E-state index contributed by atoms with van der Waals surface area (Å²) in [5.74, 6) is 0.113. The van der Waals surface area contributed by atoms with Crippen LogP contribution >= 0.6 is 15.9 Å². The molecule has 2 aliphatic rings. The molecule has 0 aromatic heterocycles. The number of sulfonamides is 1. The molecule has 1 heterocycles. The molecule has 0 bridgehead atoms. The van der Waals surface area contributed by atoms with Gasteiger partial charge >= 0.3 is 0 Å². The van der Waals surface area contributed by atoms with Crippen molar-refractivity contribution in [1.29, 1.82) is 0 Å². The van der Waals surface area contributed by atoms with Crippen LogP contribution in [0.4, 0.5) is 5.69 Å². The molecule has 4 rings (SSSR count). The van der Waals surface area contributed by atoms with E-state index in [0.717, 1.165) is 17.3 Å². The molecule has 0 atom stereocenters. The third kappa shape index (κ3) is 4.66. The first kappa shape index (κ1) is 21.2. The third-order valence-electron chi connectivity index (χ3n) is 5.65. The van der Waals surface area contributed by atoms with Crippen molar-refractivity contribution < 1.29 is 18.0 Å². The number of amides is 1. The summed E-state index contributed by atoms with van der Waals surface area (Å²) in [5, 5.41) is 2.78. The molecule has 8 heteroatoms. The Hall–Kier alpha value is -2.03. The highest BCUT2D eigenvalue weighted by molar-refractivity contribution is 9.10. The Morgan fingerprint density at radius 1 is 0.933 bits per heavy atom. The van der Waals surface area contributed by atoms with Gasteiger partial charge in [0.25, 0.3) is 5.91 Å². The number of Topliss-reactive ketones (excluding diaryl/α,β-unsaturated/α-hetero) is 1. The second-order valence-corrected chi connectivity index (χ2v) is 10.7. The lowest BCUT2D eigenvalue weighted by Gasteiger charge is -2.30. The Labute approximate surface area is 184 Å². The number of halogens is 1. The van der Waals surface area contributed by atoms with E-state index in [4.69, 9.17) is 0 Å². The second kappa shape index (κ2) is 8.61. The summed E-state index contributed by atoms with van der Waals surface area (Å²) < 4.78 is 28.4. The summed E-state index contributed by atoms with van der Waals surface area (Å²) in [7, 11) is -3.72. The molecule has 0 radical (unpaired) electrons. The van der Waals surface area contributed by atoms with E-state index in [0.29, 0.717) is 37.4 Å². The Balaban J connectivity index is 1.45. The van der Waals surface area contributed by atoms with E-state index >= 15 is 0 Å². The summed E-state index contributed by atoms with van der Waals surface area (Å²) in [4.78, 5) is 25.0. The van der Waals surface area contributed by atoms with Crippen molar-refractivity contribution in [3.8, 4) is 0 Å². The molecule has 2 aromatic rings. The Morgan fingerprint density at radius 3 is 2.27 bits per heavy atom. The topological polar surface area (TPSA) is 83.6 Å². The highest BCUT2D eigenvalue weighted by Gasteiger charge is 2.38. The van der Waals surface area contributed by atoms with Gasteiger partial charge in [0.15, 0.2) is 0 Å². The average Bonchev–Trinajstić information content (AvgIpc) is 3.59. The van der Waals surface area contributed by atoms with E-state index in [-0.39, 0.29) is 28.2 Å². The Bertz CT molecular complexity index is 1070. The molecule has 30 heavy (non-hydrogen) atoms. The fourth-order valence-electron chi connectivity index (χ4n) is 3.80. The Morgan fingerprint density at radius 2 is 1.60 bits per heavy atom. The van der Waals surface area contributed by atoms with Gasteiger partial charge in [0, 0.05) is 40.6 Å². The number of hydrogen-bond acceptors (Lipinski definition) is 4. The first-order valence-electron chi connectivity index (χ1n) is 10.1. The monoisotopic (exact) mass is 490 g/mol. The van der Waals surface area contributed by atoms with Crippen molar-refractivity contribution >= 4 is 43.3 Å². The first-order valence-corrected chi connectivity index (χ1v) is 12.3. The summed E-state index contributed by atoms with van der Waals surface area (Å²) in [6.07, 6.45) is 3.09. The predicted octanol–water partition coefficient (Wildman–Crippen LogP) is 4.08. The van der Waals surface area contributed by atoms with Crippen molar-refractivity contribution in [1.82, 2.24) is 4.31 Å². The maximum Gasteiger partial charge on any atom is 0.255 e. The van der Waals surface area contributed by atoms with E-state index in [1.54, 1.807) is 30.3 Å². The fourth-order valence-corrected chi connectivity index (χ4v) is 5.71. The van der Waals surface area contributed by atoms with Crippen molar-refractivity contribution in [3.05, 3.63) is 58.6 Å². The molecule has 1 amide bonds. The second-order valence-electron chi connectivity index (χ2n) is 7.85. The van der Waals surface area contributed by atoms with Gasteiger partial charge in [0.2, 0.25) is 10.0 Å². The summed E-state index contributed by atoms with van der Waals surface area (Å²) in [6.45, 7) is 0.667. The average molecular weight is 491 g/mol. The number of nitrogens with one attached hydrogen (secondary N) is 1. The van der Waals surface area contributed by atoms with Crippen molar-refractivity contribution in [2.45, 2.75) is 30.6 Å². The van der Waals surface area contributed by atoms with Crippen LogP contribution in [0.15, 0.2) is 57.9 Å². The number of piperidine rings is 1. The van der Waals surface area contributed by atoms with Crippen molar-refractivity contribution in [2.24, 2.45) is 11.8 Å². The van der Waals surface area contributed by atoms with Crippen LogP contribution in [-0.4, -0.2) is 37.5 Å². The number of benzene rings is 2. The zero-order chi connectivity index (χ0) is 21.3. The van der Waals surface area contributed by atoms with Crippen LogP contribution in [0.3, 0.4) is 0 Å². The molecular formula is C22H23BrN2O4S. The lowest BCUT2D eigenvalue weighted by atomic mass is 9.91.